The number of benzene rings is 2. The highest BCUT2D eigenvalue weighted by Gasteiger charge is 2.26. The molecule has 0 saturated heterocycles. The molecule has 0 saturated carbocycles. The van der Waals surface area contributed by atoms with Gasteiger partial charge < -0.3 is 19.3 Å². The van der Waals surface area contributed by atoms with Crippen molar-refractivity contribution in [1.29, 1.82) is 0 Å². The molecule has 5 nitrogen and oxygen atoms in total. The molecule has 0 aromatic heterocycles. The molecule has 2 aromatic carbocycles. The standard InChI is InChI=1S/C16H14O5/c1-19-12-7-6-11-8-10-4-2-3-5-13(10)20-16(15(17)18)21-14(11)9-12/h2-7,9,16H,8H2,1H3,(H,17,18). The zero-order valence-corrected chi connectivity index (χ0v) is 11.4. The molecule has 21 heavy (non-hydrogen) atoms. The molecule has 1 unspecified atom stereocenters. The molecular formula is C16H14O5. The lowest BCUT2D eigenvalue weighted by Crippen LogP contribution is -2.34. The topological polar surface area (TPSA) is 65.0 Å². The summed E-state index contributed by atoms with van der Waals surface area (Å²) in [5, 5.41) is 9.25. The van der Waals surface area contributed by atoms with Gasteiger partial charge in [-0.25, -0.2) is 4.79 Å². The van der Waals surface area contributed by atoms with Crippen LogP contribution in [0.4, 0.5) is 0 Å². The Labute approximate surface area is 121 Å². The Balaban J connectivity index is 2.09. The van der Waals surface area contributed by atoms with Crippen LogP contribution >= 0.6 is 0 Å². The molecule has 1 heterocycles. The molecule has 0 spiro atoms. The second kappa shape index (κ2) is 5.36. The maximum Gasteiger partial charge on any atom is 0.387 e. The molecule has 0 aliphatic carbocycles. The van der Waals surface area contributed by atoms with Crippen LogP contribution in [0.1, 0.15) is 11.1 Å². The minimum atomic E-state index is -1.39. The van der Waals surface area contributed by atoms with E-state index in [4.69, 9.17) is 14.2 Å². The van der Waals surface area contributed by atoms with Crippen LogP contribution in [0.25, 0.3) is 0 Å². The quantitative estimate of drug-likeness (QED) is 0.918. The molecule has 0 amide bonds. The van der Waals surface area contributed by atoms with Gasteiger partial charge in [0.1, 0.15) is 17.2 Å². The number of methoxy groups -OCH3 is 1. The number of fused-ring (bicyclic) bond motifs is 2. The van der Waals surface area contributed by atoms with Crippen molar-refractivity contribution in [2.45, 2.75) is 12.7 Å². The van der Waals surface area contributed by atoms with Crippen LogP contribution in [0.5, 0.6) is 17.2 Å². The smallest absolute Gasteiger partial charge is 0.387 e. The average molecular weight is 286 g/mol. The predicted molar refractivity (Wildman–Crippen MR) is 74.9 cm³/mol. The van der Waals surface area contributed by atoms with Crippen molar-refractivity contribution in [3.8, 4) is 17.2 Å². The summed E-state index contributed by atoms with van der Waals surface area (Å²) in [6.07, 6.45) is -0.792. The molecule has 0 bridgehead atoms. The van der Waals surface area contributed by atoms with Gasteiger partial charge in [-0.1, -0.05) is 24.3 Å². The number of hydrogen-bond donors (Lipinski definition) is 1. The summed E-state index contributed by atoms with van der Waals surface area (Å²) >= 11 is 0. The Hall–Kier alpha value is -2.69. The molecule has 2 aromatic rings. The van der Waals surface area contributed by atoms with Crippen molar-refractivity contribution in [3.63, 3.8) is 0 Å². The van der Waals surface area contributed by atoms with Gasteiger partial charge in [0.2, 0.25) is 0 Å². The molecule has 1 atom stereocenters. The van der Waals surface area contributed by atoms with Gasteiger partial charge in [-0.05, 0) is 23.3 Å². The van der Waals surface area contributed by atoms with Crippen molar-refractivity contribution < 1.29 is 24.1 Å². The van der Waals surface area contributed by atoms with E-state index in [0.29, 0.717) is 23.7 Å². The van der Waals surface area contributed by atoms with E-state index in [1.54, 1.807) is 25.3 Å². The van der Waals surface area contributed by atoms with Crippen molar-refractivity contribution >= 4 is 5.97 Å². The number of carboxylic acid groups (broad SMARTS) is 1. The van der Waals surface area contributed by atoms with Gasteiger partial charge in [-0.3, -0.25) is 0 Å². The average Bonchev–Trinajstić information content (AvgIpc) is 2.47. The first kappa shape index (κ1) is 13.3. The molecule has 1 N–H and O–H groups in total. The van der Waals surface area contributed by atoms with Crippen LogP contribution in [-0.4, -0.2) is 24.5 Å². The zero-order chi connectivity index (χ0) is 14.8. The van der Waals surface area contributed by atoms with Crippen molar-refractivity contribution in [2.24, 2.45) is 0 Å². The molecular weight excluding hydrogens is 272 g/mol. The summed E-state index contributed by atoms with van der Waals surface area (Å²) in [5.74, 6) is 0.398. The first-order valence-electron chi connectivity index (χ1n) is 6.48. The number of para-hydroxylation sites is 1. The van der Waals surface area contributed by atoms with Crippen molar-refractivity contribution in [3.05, 3.63) is 53.6 Å². The monoisotopic (exact) mass is 286 g/mol. The summed E-state index contributed by atoms with van der Waals surface area (Å²) in [6, 6.07) is 12.7. The lowest BCUT2D eigenvalue weighted by atomic mass is 10.0. The molecule has 1 aliphatic heterocycles. The predicted octanol–water partition coefficient (Wildman–Crippen LogP) is 2.47. The van der Waals surface area contributed by atoms with Crippen LogP contribution in [-0.2, 0) is 11.2 Å². The van der Waals surface area contributed by atoms with Gasteiger partial charge in [0.05, 0.1) is 7.11 Å². The number of aliphatic carboxylic acids is 1. The van der Waals surface area contributed by atoms with Gasteiger partial charge >= 0.3 is 12.3 Å². The van der Waals surface area contributed by atoms with Crippen LogP contribution in [0.2, 0.25) is 0 Å². The van der Waals surface area contributed by atoms with E-state index in [1.165, 1.54) is 0 Å². The summed E-state index contributed by atoms with van der Waals surface area (Å²) in [5.41, 5.74) is 1.80. The Bertz CT molecular complexity index is 680. The maximum atomic E-state index is 11.3. The van der Waals surface area contributed by atoms with E-state index in [2.05, 4.69) is 0 Å². The van der Waals surface area contributed by atoms with Crippen LogP contribution in [0.3, 0.4) is 0 Å². The third-order valence-electron chi connectivity index (χ3n) is 3.30. The normalized spacial score (nSPS) is 16.3. The first-order valence-corrected chi connectivity index (χ1v) is 6.48. The maximum absolute atomic E-state index is 11.3. The minimum absolute atomic E-state index is 0.455. The number of hydrogen-bond acceptors (Lipinski definition) is 4. The molecule has 1 aliphatic rings. The van der Waals surface area contributed by atoms with Crippen LogP contribution in [0, 0.1) is 0 Å². The zero-order valence-electron chi connectivity index (χ0n) is 11.4. The Morgan fingerprint density at radius 1 is 1.14 bits per heavy atom. The van der Waals surface area contributed by atoms with E-state index < -0.39 is 12.3 Å². The molecule has 0 fully saturated rings. The number of carboxylic acids is 1. The third-order valence-corrected chi connectivity index (χ3v) is 3.30. The lowest BCUT2D eigenvalue weighted by Gasteiger charge is -2.23. The Kier molecular flexibility index (Phi) is 3.39. The van der Waals surface area contributed by atoms with Crippen LogP contribution < -0.4 is 14.2 Å². The van der Waals surface area contributed by atoms with Gasteiger partial charge in [-0.15, -0.1) is 0 Å². The van der Waals surface area contributed by atoms with E-state index in [-0.39, 0.29) is 0 Å². The van der Waals surface area contributed by atoms with E-state index in [9.17, 15) is 9.90 Å². The molecule has 5 heteroatoms. The first-order chi connectivity index (χ1) is 10.2. The van der Waals surface area contributed by atoms with E-state index in [0.717, 1.165) is 11.1 Å². The van der Waals surface area contributed by atoms with E-state index in [1.807, 2.05) is 24.3 Å². The van der Waals surface area contributed by atoms with Crippen molar-refractivity contribution in [1.82, 2.24) is 0 Å². The molecule has 3 rings (SSSR count). The fraction of sp³-hybridized carbons (Fsp3) is 0.188. The molecule has 108 valence electrons. The Morgan fingerprint density at radius 3 is 2.62 bits per heavy atom. The SMILES string of the molecule is COc1ccc2c(c1)OC(C(=O)O)Oc1ccccc1C2. The number of ether oxygens (including phenoxy) is 3. The fourth-order valence-corrected chi connectivity index (χ4v) is 2.24. The lowest BCUT2D eigenvalue weighted by molar-refractivity contribution is -0.158. The summed E-state index contributed by atoms with van der Waals surface area (Å²) < 4.78 is 16.1. The van der Waals surface area contributed by atoms with E-state index >= 15 is 0 Å². The van der Waals surface area contributed by atoms with Gasteiger partial charge in [0.15, 0.2) is 0 Å². The molecule has 0 radical (unpaired) electrons. The van der Waals surface area contributed by atoms with Gasteiger partial charge in [-0.2, -0.15) is 0 Å². The highest BCUT2D eigenvalue weighted by atomic mass is 16.7. The highest BCUT2D eigenvalue weighted by Crippen LogP contribution is 2.33. The van der Waals surface area contributed by atoms with Crippen molar-refractivity contribution in [2.75, 3.05) is 7.11 Å². The Morgan fingerprint density at radius 2 is 1.86 bits per heavy atom. The summed E-state index contributed by atoms with van der Waals surface area (Å²) in [4.78, 5) is 11.3. The summed E-state index contributed by atoms with van der Waals surface area (Å²) in [7, 11) is 1.55. The minimum Gasteiger partial charge on any atom is -0.497 e. The van der Waals surface area contributed by atoms with Gasteiger partial charge in [0, 0.05) is 12.5 Å². The highest BCUT2D eigenvalue weighted by molar-refractivity contribution is 5.72. The summed E-state index contributed by atoms with van der Waals surface area (Å²) in [6.45, 7) is 0. The van der Waals surface area contributed by atoms with Gasteiger partial charge in [0.25, 0.3) is 0 Å². The number of carbonyl (C=O) groups is 1. The second-order valence-corrected chi connectivity index (χ2v) is 4.66. The largest absolute Gasteiger partial charge is 0.497 e. The third kappa shape index (κ3) is 2.63. The van der Waals surface area contributed by atoms with Crippen LogP contribution in [0.15, 0.2) is 42.5 Å². The fourth-order valence-electron chi connectivity index (χ4n) is 2.24. The number of rotatable bonds is 2. The second-order valence-electron chi connectivity index (χ2n) is 4.66.